The number of rotatable bonds is 7. The molecule has 1 aromatic carbocycles. The smallest absolute Gasteiger partial charge is 0.310 e. The maximum Gasteiger partial charge on any atom is 0.310 e. The normalized spacial score (nSPS) is 25.0. The molecule has 3 unspecified atom stereocenters. The van der Waals surface area contributed by atoms with Gasteiger partial charge in [0.25, 0.3) is 0 Å². The molecule has 1 aromatic rings. The molecule has 6 heteroatoms. The summed E-state index contributed by atoms with van der Waals surface area (Å²) in [4.78, 5) is 10.5. The molecule has 1 fully saturated rings. The molecule has 1 aliphatic rings. The molecule has 0 amide bonds. The number of hydrogen-bond donors (Lipinski definition) is 1. The zero-order chi connectivity index (χ0) is 14.5. The fourth-order valence-electron chi connectivity index (χ4n) is 2.41. The van der Waals surface area contributed by atoms with Crippen molar-refractivity contribution in [3.05, 3.63) is 34.4 Å². The molecule has 0 heterocycles. The first-order valence-corrected chi connectivity index (χ1v) is 6.83. The molecular weight excluding hydrogens is 260 g/mol. The number of ether oxygens (including phenoxy) is 2. The molecule has 0 spiro atoms. The number of nitrogens with one attached hydrogen (secondary N) is 1. The average Bonchev–Trinajstić information content (AvgIpc) is 2.42. The van der Waals surface area contributed by atoms with Crippen molar-refractivity contribution in [1.29, 1.82) is 0 Å². The van der Waals surface area contributed by atoms with E-state index in [1.54, 1.807) is 25.3 Å². The third-order valence-electron chi connectivity index (χ3n) is 3.52. The summed E-state index contributed by atoms with van der Waals surface area (Å²) in [6.07, 6.45) is 1.64. The zero-order valence-corrected chi connectivity index (χ0v) is 11.7. The summed E-state index contributed by atoms with van der Waals surface area (Å²) in [5, 5.41) is 14.3. The molecule has 2 rings (SSSR count). The lowest BCUT2D eigenvalue weighted by molar-refractivity contribution is -0.386. The monoisotopic (exact) mass is 280 g/mol. The van der Waals surface area contributed by atoms with E-state index in [1.165, 1.54) is 6.07 Å². The highest BCUT2D eigenvalue weighted by Gasteiger charge is 2.43. The van der Waals surface area contributed by atoms with Crippen LogP contribution in [-0.4, -0.2) is 36.8 Å². The fourth-order valence-corrected chi connectivity index (χ4v) is 2.41. The third kappa shape index (κ3) is 3.08. The van der Waals surface area contributed by atoms with Crippen LogP contribution in [-0.2, 0) is 4.74 Å². The molecular formula is C14H20N2O4. The molecule has 0 radical (unpaired) electrons. The molecule has 1 N–H and O–H groups in total. The average molecular weight is 280 g/mol. The highest BCUT2D eigenvalue weighted by Crippen LogP contribution is 2.33. The molecule has 6 nitrogen and oxygen atoms in total. The highest BCUT2D eigenvalue weighted by molar-refractivity contribution is 5.46. The van der Waals surface area contributed by atoms with Crippen molar-refractivity contribution in [2.45, 2.75) is 38.0 Å². The van der Waals surface area contributed by atoms with E-state index in [-0.39, 0.29) is 23.9 Å². The minimum Gasteiger partial charge on any atom is -0.481 e. The van der Waals surface area contributed by atoms with Gasteiger partial charge in [0.1, 0.15) is 12.2 Å². The molecule has 0 aromatic heterocycles. The number of nitro benzene ring substituents is 1. The van der Waals surface area contributed by atoms with E-state index < -0.39 is 4.92 Å². The summed E-state index contributed by atoms with van der Waals surface area (Å²) < 4.78 is 11.2. The Morgan fingerprint density at radius 1 is 1.45 bits per heavy atom. The van der Waals surface area contributed by atoms with Crippen LogP contribution in [0.15, 0.2) is 24.3 Å². The Balaban J connectivity index is 1.99. The van der Waals surface area contributed by atoms with Gasteiger partial charge >= 0.3 is 5.69 Å². The van der Waals surface area contributed by atoms with Gasteiger partial charge in [0.05, 0.1) is 4.92 Å². The predicted molar refractivity (Wildman–Crippen MR) is 75.0 cm³/mol. The summed E-state index contributed by atoms with van der Waals surface area (Å²) in [7, 11) is 1.64. The second kappa shape index (κ2) is 6.67. The van der Waals surface area contributed by atoms with Gasteiger partial charge in [-0.05, 0) is 19.0 Å². The summed E-state index contributed by atoms with van der Waals surface area (Å²) in [6.45, 7) is 3.04. The van der Waals surface area contributed by atoms with E-state index in [9.17, 15) is 10.1 Å². The van der Waals surface area contributed by atoms with Crippen molar-refractivity contribution >= 4 is 5.69 Å². The van der Waals surface area contributed by atoms with Crippen molar-refractivity contribution in [2.75, 3.05) is 13.7 Å². The lowest BCUT2D eigenvalue weighted by Gasteiger charge is -2.43. The largest absolute Gasteiger partial charge is 0.481 e. The minimum absolute atomic E-state index is 0.00711. The number of methoxy groups -OCH3 is 1. The molecule has 0 bridgehead atoms. The Labute approximate surface area is 118 Å². The molecule has 1 saturated carbocycles. The SMILES string of the molecule is CCCNC1CC(Oc2ccccc2[N+](=O)[O-])C1OC. The lowest BCUT2D eigenvalue weighted by Crippen LogP contribution is -2.61. The van der Waals surface area contributed by atoms with Crippen LogP contribution in [0.4, 0.5) is 5.69 Å². The summed E-state index contributed by atoms with van der Waals surface area (Å²) in [5.74, 6) is 0.304. The van der Waals surface area contributed by atoms with Gasteiger partial charge < -0.3 is 14.8 Å². The molecule has 0 saturated heterocycles. The number of benzene rings is 1. The van der Waals surface area contributed by atoms with Crippen molar-refractivity contribution in [3.8, 4) is 5.75 Å². The molecule has 1 aliphatic carbocycles. The topological polar surface area (TPSA) is 73.6 Å². The number of para-hydroxylation sites is 2. The summed E-state index contributed by atoms with van der Waals surface area (Å²) in [6, 6.07) is 6.69. The minimum atomic E-state index is -0.428. The first kappa shape index (κ1) is 14.7. The van der Waals surface area contributed by atoms with Crippen LogP contribution in [0.1, 0.15) is 19.8 Å². The Kier molecular flexibility index (Phi) is 4.92. The Morgan fingerprint density at radius 3 is 2.85 bits per heavy atom. The first-order chi connectivity index (χ1) is 9.67. The lowest BCUT2D eigenvalue weighted by atomic mass is 9.85. The van der Waals surface area contributed by atoms with E-state index in [1.807, 2.05) is 0 Å². The van der Waals surface area contributed by atoms with E-state index in [0.29, 0.717) is 5.75 Å². The maximum atomic E-state index is 10.9. The van der Waals surface area contributed by atoms with Crippen LogP contribution >= 0.6 is 0 Å². The van der Waals surface area contributed by atoms with Crippen molar-refractivity contribution < 1.29 is 14.4 Å². The summed E-state index contributed by atoms with van der Waals surface area (Å²) in [5.41, 5.74) is -0.00711. The quantitative estimate of drug-likeness (QED) is 0.612. The summed E-state index contributed by atoms with van der Waals surface area (Å²) >= 11 is 0. The Hall–Kier alpha value is -1.66. The third-order valence-corrected chi connectivity index (χ3v) is 3.52. The maximum absolute atomic E-state index is 10.9. The van der Waals surface area contributed by atoms with Crippen molar-refractivity contribution in [3.63, 3.8) is 0 Å². The first-order valence-electron chi connectivity index (χ1n) is 6.83. The number of hydrogen-bond acceptors (Lipinski definition) is 5. The second-order valence-electron chi connectivity index (χ2n) is 4.88. The van der Waals surface area contributed by atoms with E-state index >= 15 is 0 Å². The zero-order valence-electron chi connectivity index (χ0n) is 11.7. The molecule has 3 atom stereocenters. The fraction of sp³-hybridized carbons (Fsp3) is 0.571. The Morgan fingerprint density at radius 2 is 2.20 bits per heavy atom. The van der Waals surface area contributed by atoms with Gasteiger partial charge in [-0.3, -0.25) is 10.1 Å². The number of nitro groups is 1. The van der Waals surface area contributed by atoms with Gasteiger partial charge in [-0.25, -0.2) is 0 Å². The standard InChI is InChI=1S/C14H20N2O4/c1-3-8-15-10-9-13(14(10)19-2)20-12-7-5-4-6-11(12)16(17)18/h4-7,10,13-15H,3,8-9H2,1-2H3. The van der Waals surface area contributed by atoms with Crippen LogP contribution < -0.4 is 10.1 Å². The van der Waals surface area contributed by atoms with Gasteiger partial charge in [-0.2, -0.15) is 0 Å². The van der Waals surface area contributed by atoms with Crippen molar-refractivity contribution in [2.24, 2.45) is 0 Å². The molecule has 0 aliphatic heterocycles. The second-order valence-corrected chi connectivity index (χ2v) is 4.88. The van der Waals surface area contributed by atoms with Gasteiger partial charge in [0.15, 0.2) is 5.75 Å². The molecule has 20 heavy (non-hydrogen) atoms. The van der Waals surface area contributed by atoms with Crippen LogP contribution in [0.2, 0.25) is 0 Å². The van der Waals surface area contributed by atoms with Gasteiger partial charge in [-0.15, -0.1) is 0 Å². The van der Waals surface area contributed by atoms with Gasteiger partial charge in [-0.1, -0.05) is 19.1 Å². The number of nitrogens with zero attached hydrogens (tertiary/aromatic N) is 1. The van der Waals surface area contributed by atoms with Crippen LogP contribution in [0.25, 0.3) is 0 Å². The van der Waals surface area contributed by atoms with E-state index in [4.69, 9.17) is 9.47 Å². The van der Waals surface area contributed by atoms with E-state index in [2.05, 4.69) is 12.2 Å². The molecule has 110 valence electrons. The van der Waals surface area contributed by atoms with Gasteiger partial charge in [0, 0.05) is 25.6 Å². The predicted octanol–water partition coefficient (Wildman–Crippen LogP) is 2.13. The highest BCUT2D eigenvalue weighted by atomic mass is 16.6. The van der Waals surface area contributed by atoms with Crippen LogP contribution in [0, 0.1) is 10.1 Å². The Bertz CT molecular complexity index is 466. The van der Waals surface area contributed by atoms with Crippen molar-refractivity contribution in [1.82, 2.24) is 5.32 Å². The van der Waals surface area contributed by atoms with Crippen LogP contribution in [0.5, 0.6) is 5.75 Å². The van der Waals surface area contributed by atoms with Gasteiger partial charge in [0.2, 0.25) is 0 Å². The van der Waals surface area contributed by atoms with E-state index in [0.717, 1.165) is 19.4 Å². The van der Waals surface area contributed by atoms with Crippen LogP contribution in [0.3, 0.4) is 0 Å².